The van der Waals surface area contributed by atoms with Crippen molar-refractivity contribution >= 4 is 31.8 Å². The molecule has 0 amide bonds. The second kappa shape index (κ2) is 10.9. The molecule has 0 aromatic carbocycles. The van der Waals surface area contributed by atoms with Gasteiger partial charge >= 0.3 is 0 Å². The van der Waals surface area contributed by atoms with Crippen LogP contribution in [0.15, 0.2) is 16.1 Å². The minimum Gasteiger partial charge on any atom is -0.408 e. The van der Waals surface area contributed by atoms with Crippen LogP contribution in [0.5, 0.6) is 0 Å². The predicted octanol–water partition coefficient (Wildman–Crippen LogP) is 1.98. The molecule has 0 radical (unpaired) electrons. The van der Waals surface area contributed by atoms with Gasteiger partial charge in [0.25, 0.3) is 5.56 Å². The minimum absolute atomic E-state index is 0.0167. The van der Waals surface area contributed by atoms with Gasteiger partial charge in [0.05, 0.1) is 25.9 Å². The Morgan fingerprint density at radius 2 is 1.97 bits per heavy atom. The summed E-state index contributed by atoms with van der Waals surface area (Å²) in [6.45, 7) is 14.9. The monoisotopic (exact) mass is 535 g/mol. The number of ether oxygens (including phenoxy) is 3. The molecule has 0 aliphatic carbocycles. The molecule has 206 valence electrons. The summed E-state index contributed by atoms with van der Waals surface area (Å²) in [5.74, 6) is 0.193. The van der Waals surface area contributed by atoms with Crippen LogP contribution >= 0.6 is 0 Å². The fourth-order valence-corrected chi connectivity index (χ4v) is 5.68. The SMILES string of the molecule is COC1C(O[Si](C)(C)C(C)(C)C)[C@@H](CN2CCOCC2)O[C@H]1n1cnc2c(=O)[nH]c(N=CN(C)C)nc21. The molecule has 2 aliphatic rings. The zero-order chi connectivity index (χ0) is 27.0. The van der Waals surface area contributed by atoms with Crippen LogP contribution in [0.25, 0.3) is 11.2 Å². The Balaban J connectivity index is 1.72. The smallest absolute Gasteiger partial charge is 0.280 e. The maximum atomic E-state index is 12.7. The maximum absolute atomic E-state index is 12.7. The van der Waals surface area contributed by atoms with E-state index in [1.54, 1.807) is 29.2 Å². The van der Waals surface area contributed by atoms with E-state index in [1.165, 1.54) is 0 Å². The second-order valence-electron chi connectivity index (χ2n) is 11.4. The Kier molecular flexibility index (Phi) is 8.21. The number of imidazole rings is 1. The van der Waals surface area contributed by atoms with Gasteiger partial charge in [-0.1, -0.05) is 20.8 Å². The highest BCUT2D eigenvalue weighted by atomic mass is 28.4. The third-order valence-corrected chi connectivity index (χ3v) is 11.9. The molecule has 2 aromatic rings. The number of methoxy groups -OCH3 is 1. The first-order valence-corrected chi connectivity index (χ1v) is 15.7. The van der Waals surface area contributed by atoms with E-state index < -0.39 is 20.6 Å². The molecule has 4 atom stereocenters. The van der Waals surface area contributed by atoms with Crippen molar-refractivity contribution in [3.63, 3.8) is 0 Å². The lowest BCUT2D eigenvalue weighted by Crippen LogP contribution is -2.52. The highest BCUT2D eigenvalue weighted by Gasteiger charge is 2.51. The van der Waals surface area contributed by atoms with Crippen LogP contribution in [0.2, 0.25) is 18.1 Å². The van der Waals surface area contributed by atoms with Crippen molar-refractivity contribution in [2.24, 2.45) is 4.99 Å². The number of aromatic nitrogens is 4. The summed E-state index contributed by atoms with van der Waals surface area (Å²) in [5.41, 5.74) is 0.251. The van der Waals surface area contributed by atoms with Crippen LogP contribution in [-0.2, 0) is 18.6 Å². The van der Waals surface area contributed by atoms with Crippen LogP contribution < -0.4 is 5.56 Å². The Morgan fingerprint density at radius 1 is 1.27 bits per heavy atom. The molecule has 1 N–H and O–H groups in total. The second-order valence-corrected chi connectivity index (χ2v) is 16.2. The molecule has 0 bridgehead atoms. The van der Waals surface area contributed by atoms with Gasteiger partial charge in [0.1, 0.15) is 18.3 Å². The first kappa shape index (κ1) is 27.9. The summed E-state index contributed by atoms with van der Waals surface area (Å²) in [6, 6.07) is 0. The van der Waals surface area contributed by atoms with Crippen molar-refractivity contribution in [3.8, 4) is 0 Å². The third kappa shape index (κ3) is 5.96. The summed E-state index contributed by atoms with van der Waals surface area (Å²) < 4.78 is 27.0. The molecule has 0 saturated carbocycles. The predicted molar refractivity (Wildman–Crippen MR) is 144 cm³/mol. The Morgan fingerprint density at radius 3 is 2.59 bits per heavy atom. The van der Waals surface area contributed by atoms with Crippen LogP contribution in [0.3, 0.4) is 0 Å². The topological polar surface area (TPSA) is 119 Å². The number of fused-ring (bicyclic) bond motifs is 1. The molecule has 37 heavy (non-hydrogen) atoms. The number of aliphatic imine (C=N–C) groups is 1. The number of morpholine rings is 1. The number of H-pyrrole nitrogens is 1. The number of nitrogens with zero attached hydrogens (tertiary/aromatic N) is 6. The number of aromatic amines is 1. The maximum Gasteiger partial charge on any atom is 0.280 e. The van der Waals surface area contributed by atoms with Crippen molar-refractivity contribution < 1.29 is 18.6 Å². The van der Waals surface area contributed by atoms with Crippen LogP contribution in [0, 0.1) is 0 Å². The molecular weight excluding hydrogens is 494 g/mol. The lowest BCUT2D eigenvalue weighted by atomic mass is 10.1. The van der Waals surface area contributed by atoms with Crippen LogP contribution in [0.1, 0.15) is 27.0 Å². The van der Waals surface area contributed by atoms with Crippen molar-refractivity contribution in [1.29, 1.82) is 0 Å². The molecule has 4 heterocycles. The van der Waals surface area contributed by atoms with Crippen LogP contribution in [-0.4, -0.2) is 116 Å². The number of rotatable bonds is 8. The van der Waals surface area contributed by atoms with Crippen molar-refractivity contribution in [3.05, 3.63) is 16.7 Å². The van der Waals surface area contributed by atoms with Crippen molar-refractivity contribution in [2.75, 3.05) is 54.1 Å². The van der Waals surface area contributed by atoms with E-state index in [-0.39, 0.29) is 34.3 Å². The highest BCUT2D eigenvalue weighted by molar-refractivity contribution is 6.74. The zero-order valence-electron chi connectivity index (χ0n) is 23.2. The van der Waals surface area contributed by atoms with Gasteiger partial charge in [0.15, 0.2) is 25.7 Å². The van der Waals surface area contributed by atoms with E-state index in [0.717, 1.165) is 13.1 Å². The van der Waals surface area contributed by atoms with Gasteiger partial charge in [-0.2, -0.15) is 4.98 Å². The summed E-state index contributed by atoms with van der Waals surface area (Å²) >= 11 is 0. The molecule has 0 spiro atoms. The van der Waals surface area contributed by atoms with Crippen LogP contribution in [0.4, 0.5) is 5.95 Å². The summed E-state index contributed by atoms with van der Waals surface area (Å²) in [7, 11) is 3.20. The van der Waals surface area contributed by atoms with E-state index in [0.29, 0.717) is 25.4 Å². The lowest BCUT2D eigenvalue weighted by molar-refractivity contribution is -0.0603. The fraction of sp³-hybridized carbons (Fsp3) is 0.750. The van der Waals surface area contributed by atoms with Crippen molar-refractivity contribution in [2.45, 2.75) is 63.4 Å². The zero-order valence-corrected chi connectivity index (χ0v) is 24.2. The largest absolute Gasteiger partial charge is 0.408 e. The summed E-state index contributed by atoms with van der Waals surface area (Å²) in [4.78, 5) is 32.7. The fourth-order valence-electron chi connectivity index (χ4n) is 4.36. The average molecular weight is 536 g/mol. The molecule has 2 aromatic heterocycles. The van der Waals surface area contributed by atoms with Gasteiger partial charge in [-0.3, -0.25) is 19.2 Å². The quantitative estimate of drug-likeness (QED) is 0.307. The third-order valence-electron chi connectivity index (χ3n) is 7.44. The first-order chi connectivity index (χ1) is 17.4. The Bertz CT molecular complexity index is 1150. The van der Waals surface area contributed by atoms with Gasteiger partial charge in [-0.25, -0.2) is 9.98 Å². The van der Waals surface area contributed by atoms with E-state index in [1.807, 2.05) is 14.1 Å². The van der Waals surface area contributed by atoms with Gasteiger partial charge < -0.3 is 23.5 Å². The average Bonchev–Trinajstić information content (AvgIpc) is 3.39. The van der Waals surface area contributed by atoms with Gasteiger partial charge in [0, 0.05) is 40.8 Å². The van der Waals surface area contributed by atoms with Crippen molar-refractivity contribution in [1.82, 2.24) is 29.3 Å². The standard InChI is InChI=1S/C24H41N7O5Si/c1-24(2,3)37(7,8)36-18-16(13-30-9-11-34-12-10-30)35-22(19(18)33-6)31-15-25-17-20(31)27-23(28-21(17)32)26-14-29(4)5/h14-16,18-19,22H,9-13H2,1-8H3,(H,27,28,32)/t16-,18?,19?,22-/m1/s1. The normalized spacial score (nSPS) is 25.9. The minimum atomic E-state index is -2.17. The lowest BCUT2D eigenvalue weighted by Gasteiger charge is -2.41. The first-order valence-electron chi connectivity index (χ1n) is 12.7. The highest BCUT2D eigenvalue weighted by Crippen LogP contribution is 2.42. The molecule has 2 aliphatic heterocycles. The summed E-state index contributed by atoms with van der Waals surface area (Å²) in [6.07, 6.45) is 1.63. The van der Waals surface area contributed by atoms with Gasteiger partial charge in [-0.15, -0.1) is 0 Å². The van der Waals surface area contributed by atoms with E-state index in [4.69, 9.17) is 18.6 Å². The molecule has 2 unspecified atom stereocenters. The van der Waals surface area contributed by atoms with E-state index >= 15 is 0 Å². The number of hydrogen-bond acceptors (Lipinski definition) is 9. The molecule has 12 nitrogen and oxygen atoms in total. The number of hydrogen-bond donors (Lipinski definition) is 1. The molecule has 13 heteroatoms. The Hall–Kier alpha value is -2.16. The van der Waals surface area contributed by atoms with Gasteiger partial charge in [-0.05, 0) is 18.1 Å². The molecule has 2 fully saturated rings. The molecule has 4 rings (SSSR count). The number of nitrogens with one attached hydrogen (secondary N) is 1. The molecule has 2 saturated heterocycles. The Labute approximate surface area is 219 Å². The molecular formula is C24H41N7O5Si. The van der Waals surface area contributed by atoms with Gasteiger partial charge in [0.2, 0.25) is 5.95 Å². The van der Waals surface area contributed by atoms with E-state index in [2.05, 4.69) is 58.7 Å². The summed E-state index contributed by atoms with van der Waals surface area (Å²) in [5, 5.41) is 0.0167. The van der Waals surface area contributed by atoms with E-state index in [9.17, 15) is 4.79 Å².